The monoisotopic (exact) mass is 799 g/mol. The fourth-order valence-corrected chi connectivity index (χ4v) is 16.2. The SMILES string of the molecule is CCC(/C=C/CO[C@H](C)C1=CC[C@H]2C3=CC=C4CC(O[Si](C)(C)C(C)(C)C)C[C@H](O[Si](C)(C)C(C)(C)C)[C@]4(C)[C@H]3CC[C@]12C)(CC)O[Si](CC)(CC)CC. The molecule has 310 valence electrons. The molecule has 7 heteroatoms. The molecule has 0 heterocycles. The lowest BCUT2D eigenvalue weighted by Gasteiger charge is -2.59. The van der Waals surface area contributed by atoms with Crippen LogP contribution in [-0.2, 0) is 18.0 Å². The van der Waals surface area contributed by atoms with Crippen LogP contribution in [0.1, 0.15) is 142 Å². The van der Waals surface area contributed by atoms with E-state index in [-0.39, 0.29) is 44.8 Å². The van der Waals surface area contributed by atoms with E-state index < -0.39 is 25.0 Å². The van der Waals surface area contributed by atoms with E-state index in [2.05, 4.69) is 154 Å². The van der Waals surface area contributed by atoms with Crippen molar-refractivity contribution in [3.63, 3.8) is 0 Å². The maximum Gasteiger partial charge on any atom is 0.193 e. The van der Waals surface area contributed by atoms with Crippen molar-refractivity contribution in [3.05, 3.63) is 47.1 Å². The van der Waals surface area contributed by atoms with E-state index in [1.807, 2.05) is 0 Å². The second kappa shape index (κ2) is 16.6. The molecule has 4 nitrogen and oxygen atoms in total. The zero-order valence-corrected chi connectivity index (χ0v) is 41.7. The first-order chi connectivity index (χ1) is 24.8. The first kappa shape index (κ1) is 46.1. The highest BCUT2D eigenvalue weighted by molar-refractivity contribution is 6.74. The Bertz CT molecular complexity index is 1410. The molecule has 0 bridgehead atoms. The van der Waals surface area contributed by atoms with Crippen LogP contribution in [0.15, 0.2) is 47.1 Å². The van der Waals surface area contributed by atoms with Crippen LogP contribution in [0.25, 0.3) is 0 Å². The van der Waals surface area contributed by atoms with Crippen molar-refractivity contribution in [3.8, 4) is 0 Å². The van der Waals surface area contributed by atoms with Gasteiger partial charge in [-0.1, -0.05) is 132 Å². The molecule has 0 aromatic rings. The van der Waals surface area contributed by atoms with E-state index in [1.54, 1.807) is 11.1 Å². The van der Waals surface area contributed by atoms with Crippen LogP contribution in [-0.4, -0.2) is 55.5 Å². The summed E-state index contributed by atoms with van der Waals surface area (Å²) >= 11 is 0. The Morgan fingerprint density at radius 3 is 1.94 bits per heavy atom. The van der Waals surface area contributed by atoms with Crippen LogP contribution < -0.4 is 0 Å². The number of fused-ring (bicyclic) bond motifs is 5. The van der Waals surface area contributed by atoms with Gasteiger partial charge in [-0.15, -0.1) is 0 Å². The third-order valence-electron chi connectivity index (χ3n) is 16.6. The van der Waals surface area contributed by atoms with E-state index in [1.165, 1.54) is 36.5 Å². The summed E-state index contributed by atoms with van der Waals surface area (Å²) in [5.41, 5.74) is 4.70. The van der Waals surface area contributed by atoms with E-state index in [0.717, 1.165) is 32.1 Å². The third-order valence-corrected chi connectivity index (χ3v) is 30.3. The summed E-state index contributed by atoms with van der Waals surface area (Å²) in [6.07, 6.45) is 20.3. The predicted octanol–water partition coefficient (Wildman–Crippen LogP) is 14.3. The summed E-state index contributed by atoms with van der Waals surface area (Å²) in [5.74, 6) is 1.03. The molecule has 0 amide bonds. The molecule has 0 aliphatic heterocycles. The first-order valence-electron chi connectivity index (χ1n) is 22.3. The van der Waals surface area contributed by atoms with Crippen LogP contribution in [0.5, 0.6) is 0 Å². The molecular formula is C47H86O4Si3. The molecule has 1 unspecified atom stereocenters. The van der Waals surface area contributed by atoms with Crippen LogP contribution >= 0.6 is 0 Å². The third kappa shape index (κ3) is 8.73. The van der Waals surface area contributed by atoms with E-state index >= 15 is 0 Å². The minimum Gasteiger partial charge on any atom is -0.414 e. The van der Waals surface area contributed by atoms with Gasteiger partial charge in [0.1, 0.15) is 0 Å². The molecule has 0 N–H and O–H groups in total. The zero-order valence-electron chi connectivity index (χ0n) is 38.7. The highest BCUT2D eigenvalue weighted by Gasteiger charge is 2.59. The standard InChI is InChI=1S/C47H86O4Si3/c1-19-47(20-2,51-54(21-3,22-4)23-5)30-24-32-48-35(6)39-27-28-40-38-26-25-36-33-37(49-52(15,16)43(7,8)9)34-42(50-53(17,18)44(10,11)12)46(36,14)41(38)29-31-45(39,40)13/h24-27,30,35,37,40-42H,19-23,28-29,31-34H2,1-18H3/b30-24+/t35-,37?,40+,41+,42+,45-,46+/m1/s1. The molecule has 0 radical (unpaired) electrons. The summed E-state index contributed by atoms with van der Waals surface area (Å²) in [5, 5.41) is 0.342. The Morgan fingerprint density at radius 2 is 1.41 bits per heavy atom. The van der Waals surface area contributed by atoms with E-state index in [4.69, 9.17) is 18.0 Å². The highest BCUT2D eigenvalue weighted by atomic mass is 28.4. The maximum atomic E-state index is 7.59. The molecule has 0 aromatic carbocycles. The van der Waals surface area contributed by atoms with Crippen LogP contribution in [0, 0.1) is 22.7 Å². The van der Waals surface area contributed by atoms with Gasteiger partial charge in [0.05, 0.1) is 30.5 Å². The average molecular weight is 799 g/mol. The number of allylic oxidation sites excluding steroid dienone is 4. The summed E-state index contributed by atoms with van der Waals surface area (Å²) in [4.78, 5) is 0. The molecular weight excluding hydrogens is 713 g/mol. The lowest BCUT2D eigenvalue weighted by molar-refractivity contribution is -0.0399. The minimum atomic E-state index is -2.04. The van der Waals surface area contributed by atoms with E-state index in [0.29, 0.717) is 18.4 Å². The van der Waals surface area contributed by atoms with Crippen molar-refractivity contribution in [1.82, 2.24) is 0 Å². The predicted molar refractivity (Wildman–Crippen MR) is 241 cm³/mol. The smallest absolute Gasteiger partial charge is 0.193 e. The molecule has 2 fully saturated rings. The summed E-state index contributed by atoms with van der Waals surface area (Å²) in [7, 11) is -5.70. The van der Waals surface area contributed by atoms with Gasteiger partial charge in [0.2, 0.25) is 0 Å². The fourth-order valence-electron chi connectivity index (χ4n) is 10.3. The molecule has 0 saturated heterocycles. The van der Waals surface area contributed by atoms with Crippen molar-refractivity contribution in [1.29, 1.82) is 0 Å². The quantitative estimate of drug-likeness (QED) is 0.115. The van der Waals surface area contributed by atoms with Gasteiger partial charge in [-0.05, 0) is 129 Å². The van der Waals surface area contributed by atoms with Crippen LogP contribution in [0.4, 0.5) is 0 Å². The highest BCUT2D eigenvalue weighted by Crippen LogP contribution is 2.65. The first-order valence-corrected chi connectivity index (χ1v) is 30.7. The van der Waals surface area contributed by atoms with Crippen molar-refractivity contribution < 1.29 is 18.0 Å². The van der Waals surface area contributed by atoms with Gasteiger partial charge in [0.15, 0.2) is 25.0 Å². The molecule has 4 aliphatic carbocycles. The van der Waals surface area contributed by atoms with Gasteiger partial charge in [-0.2, -0.15) is 0 Å². The van der Waals surface area contributed by atoms with Gasteiger partial charge in [0.25, 0.3) is 0 Å². The van der Waals surface area contributed by atoms with Crippen molar-refractivity contribution >= 4 is 25.0 Å². The molecule has 0 spiro atoms. The largest absolute Gasteiger partial charge is 0.414 e. The van der Waals surface area contributed by atoms with Crippen molar-refractivity contribution in [2.45, 2.75) is 220 Å². The number of hydrogen-bond acceptors (Lipinski definition) is 4. The average Bonchev–Trinajstić information content (AvgIpc) is 3.45. The van der Waals surface area contributed by atoms with Gasteiger partial charge in [-0.25, -0.2) is 0 Å². The molecule has 2 saturated carbocycles. The Morgan fingerprint density at radius 1 is 0.833 bits per heavy atom. The minimum absolute atomic E-state index is 0.00914. The molecule has 7 atom stereocenters. The van der Waals surface area contributed by atoms with Crippen molar-refractivity contribution in [2.75, 3.05) is 6.61 Å². The Balaban J connectivity index is 1.57. The molecule has 4 aliphatic rings. The fraction of sp³-hybridized carbons (Fsp3) is 0.830. The topological polar surface area (TPSA) is 36.9 Å². The maximum absolute atomic E-state index is 7.59. The van der Waals surface area contributed by atoms with Crippen LogP contribution in [0.3, 0.4) is 0 Å². The summed E-state index contributed by atoms with van der Waals surface area (Å²) < 4.78 is 28.6. The Kier molecular flexibility index (Phi) is 14.2. The second-order valence-corrected chi connectivity index (χ2v) is 35.6. The number of ether oxygens (including phenoxy) is 1. The lowest BCUT2D eigenvalue weighted by Crippen LogP contribution is -2.58. The summed E-state index contributed by atoms with van der Waals surface area (Å²) in [6.45, 7) is 43.6. The van der Waals surface area contributed by atoms with Gasteiger partial charge < -0.3 is 18.0 Å². The van der Waals surface area contributed by atoms with Gasteiger partial charge >= 0.3 is 0 Å². The molecule has 4 rings (SSSR count). The second-order valence-electron chi connectivity index (χ2n) is 21.4. The zero-order chi connectivity index (χ0) is 40.8. The molecule has 54 heavy (non-hydrogen) atoms. The normalized spacial score (nSPS) is 30.4. The summed E-state index contributed by atoms with van der Waals surface area (Å²) in [6, 6.07) is 3.54. The van der Waals surface area contributed by atoms with Gasteiger partial charge in [-0.3, -0.25) is 0 Å². The Labute approximate surface area is 338 Å². The van der Waals surface area contributed by atoms with Gasteiger partial charge in [0, 0.05) is 5.41 Å². The number of rotatable bonds is 16. The Hall–Kier alpha value is -0.549. The van der Waals surface area contributed by atoms with Crippen molar-refractivity contribution in [2.24, 2.45) is 22.7 Å². The lowest BCUT2D eigenvalue weighted by atomic mass is 9.49. The molecule has 0 aromatic heterocycles. The van der Waals surface area contributed by atoms with E-state index in [9.17, 15) is 0 Å². The van der Waals surface area contributed by atoms with Crippen LogP contribution in [0.2, 0.25) is 54.4 Å². The number of hydrogen-bond donors (Lipinski definition) is 0.